The lowest BCUT2D eigenvalue weighted by Crippen LogP contribution is -2.37. The minimum atomic E-state index is -0.130. The van der Waals surface area contributed by atoms with E-state index in [4.69, 9.17) is 5.11 Å². The zero-order chi connectivity index (χ0) is 11.1. The fourth-order valence-corrected chi connectivity index (χ4v) is 1.23. The average Bonchev–Trinajstić information content (AvgIpc) is 2.75. The highest BCUT2D eigenvalue weighted by molar-refractivity contribution is 5.76. The minimum Gasteiger partial charge on any atom is -0.394 e. The summed E-state index contributed by atoms with van der Waals surface area (Å²) >= 11 is 0. The number of aryl methyl sites for hydroxylation is 1. The minimum absolute atomic E-state index is 0.00991. The van der Waals surface area contributed by atoms with Gasteiger partial charge in [0.1, 0.15) is 0 Å². The molecule has 1 aromatic rings. The van der Waals surface area contributed by atoms with Crippen molar-refractivity contribution in [3.8, 4) is 0 Å². The summed E-state index contributed by atoms with van der Waals surface area (Å²) in [4.78, 5) is 11.4. The van der Waals surface area contributed by atoms with Gasteiger partial charge in [-0.3, -0.25) is 9.48 Å². The van der Waals surface area contributed by atoms with Crippen molar-refractivity contribution in [2.75, 3.05) is 6.61 Å². The monoisotopic (exact) mass is 211 g/mol. The van der Waals surface area contributed by atoms with Crippen LogP contribution in [0.4, 0.5) is 0 Å². The van der Waals surface area contributed by atoms with Crippen molar-refractivity contribution in [2.24, 2.45) is 0 Å². The number of aromatic nitrogens is 2. The molecule has 0 aliphatic carbocycles. The van der Waals surface area contributed by atoms with Gasteiger partial charge >= 0.3 is 0 Å². The van der Waals surface area contributed by atoms with Crippen LogP contribution in [0.15, 0.2) is 18.5 Å². The number of rotatable bonds is 6. The normalized spacial score (nSPS) is 12.4. The molecule has 15 heavy (non-hydrogen) atoms. The molecule has 5 heteroatoms. The van der Waals surface area contributed by atoms with Gasteiger partial charge in [0.25, 0.3) is 0 Å². The van der Waals surface area contributed by atoms with Gasteiger partial charge in [-0.2, -0.15) is 5.10 Å². The molecule has 0 spiro atoms. The lowest BCUT2D eigenvalue weighted by molar-refractivity contribution is -0.122. The van der Waals surface area contributed by atoms with Gasteiger partial charge in [-0.25, -0.2) is 0 Å². The fraction of sp³-hybridized carbons (Fsp3) is 0.600. The molecule has 0 aliphatic rings. The van der Waals surface area contributed by atoms with Crippen LogP contribution in [-0.4, -0.2) is 33.4 Å². The van der Waals surface area contributed by atoms with Crippen LogP contribution in [0.3, 0.4) is 0 Å². The van der Waals surface area contributed by atoms with E-state index in [9.17, 15) is 4.79 Å². The maximum absolute atomic E-state index is 11.4. The number of amides is 1. The topological polar surface area (TPSA) is 67.2 Å². The van der Waals surface area contributed by atoms with Gasteiger partial charge in [0.15, 0.2) is 0 Å². The van der Waals surface area contributed by atoms with Gasteiger partial charge in [0, 0.05) is 25.4 Å². The Morgan fingerprint density at radius 3 is 3.00 bits per heavy atom. The number of hydrogen-bond donors (Lipinski definition) is 2. The fourth-order valence-electron chi connectivity index (χ4n) is 1.23. The van der Waals surface area contributed by atoms with E-state index in [0.717, 1.165) is 6.42 Å². The molecule has 1 amide bonds. The zero-order valence-corrected chi connectivity index (χ0v) is 8.89. The SMILES string of the molecule is CC[C@H](CO)NC(=O)CCn1cccn1. The van der Waals surface area contributed by atoms with Crippen molar-refractivity contribution in [1.29, 1.82) is 0 Å². The van der Waals surface area contributed by atoms with Gasteiger partial charge < -0.3 is 10.4 Å². The van der Waals surface area contributed by atoms with E-state index in [-0.39, 0.29) is 18.6 Å². The van der Waals surface area contributed by atoms with E-state index in [0.29, 0.717) is 13.0 Å². The highest BCUT2D eigenvalue weighted by Gasteiger charge is 2.08. The van der Waals surface area contributed by atoms with Gasteiger partial charge in [-0.15, -0.1) is 0 Å². The second-order valence-electron chi connectivity index (χ2n) is 3.37. The molecule has 84 valence electrons. The molecule has 0 aromatic carbocycles. The van der Waals surface area contributed by atoms with Crippen LogP contribution in [0.2, 0.25) is 0 Å². The molecular formula is C10H17N3O2. The first-order chi connectivity index (χ1) is 7.26. The van der Waals surface area contributed by atoms with Gasteiger partial charge in [-0.1, -0.05) is 6.92 Å². The third-order valence-corrected chi connectivity index (χ3v) is 2.21. The van der Waals surface area contributed by atoms with E-state index in [2.05, 4.69) is 10.4 Å². The van der Waals surface area contributed by atoms with Crippen LogP contribution in [0.1, 0.15) is 19.8 Å². The number of nitrogens with zero attached hydrogens (tertiary/aromatic N) is 2. The average molecular weight is 211 g/mol. The molecular weight excluding hydrogens is 194 g/mol. The summed E-state index contributed by atoms with van der Waals surface area (Å²) < 4.78 is 1.71. The van der Waals surface area contributed by atoms with Crippen molar-refractivity contribution in [3.05, 3.63) is 18.5 Å². The Hall–Kier alpha value is -1.36. The van der Waals surface area contributed by atoms with E-state index in [1.165, 1.54) is 0 Å². The van der Waals surface area contributed by atoms with E-state index in [1.54, 1.807) is 10.9 Å². The predicted octanol–water partition coefficient (Wildman–Crippen LogP) is 0.160. The van der Waals surface area contributed by atoms with Crippen LogP contribution in [-0.2, 0) is 11.3 Å². The molecule has 2 N–H and O–H groups in total. The van der Waals surface area contributed by atoms with Crippen LogP contribution in [0.5, 0.6) is 0 Å². The molecule has 1 heterocycles. The second-order valence-corrected chi connectivity index (χ2v) is 3.37. The van der Waals surface area contributed by atoms with Gasteiger partial charge in [-0.05, 0) is 12.5 Å². The van der Waals surface area contributed by atoms with Crippen LogP contribution in [0.25, 0.3) is 0 Å². The Balaban J connectivity index is 2.24. The number of carbonyl (C=O) groups excluding carboxylic acids is 1. The van der Waals surface area contributed by atoms with Crippen molar-refractivity contribution in [2.45, 2.75) is 32.4 Å². The molecule has 0 unspecified atom stereocenters. The third kappa shape index (κ3) is 4.12. The van der Waals surface area contributed by atoms with Crippen molar-refractivity contribution in [3.63, 3.8) is 0 Å². The molecule has 0 radical (unpaired) electrons. The van der Waals surface area contributed by atoms with Crippen molar-refractivity contribution < 1.29 is 9.90 Å². The molecule has 0 saturated carbocycles. The van der Waals surface area contributed by atoms with E-state index in [1.807, 2.05) is 19.2 Å². The lowest BCUT2D eigenvalue weighted by atomic mass is 10.2. The molecule has 5 nitrogen and oxygen atoms in total. The maximum Gasteiger partial charge on any atom is 0.222 e. The first kappa shape index (κ1) is 11.7. The van der Waals surface area contributed by atoms with Crippen LogP contribution >= 0.6 is 0 Å². The molecule has 0 fully saturated rings. The molecule has 0 aliphatic heterocycles. The summed E-state index contributed by atoms with van der Waals surface area (Å²) in [6.07, 6.45) is 4.62. The first-order valence-electron chi connectivity index (χ1n) is 5.14. The summed E-state index contributed by atoms with van der Waals surface area (Å²) in [6, 6.07) is 1.69. The number of nitrogens with one attached hydrogen (secondary N) is 1. The Morgan fingerprint density at radius 2 is 2.47 bits per heavy atom. The highest BCUT2D eigenvalue weighted by Crippen LogP contribution is 1.93. The summed E-state index contributed by atoms with van der Waals surface area (Å²) in [5, 5.41) is 15.6. The molecule has 1 rings (SSSR count). The quantitative estimate of drug-likeness (QED) is 0.704. The third-order valence-electron chi connectivity index (χ3n) is 2.21. The zero-order valence-electron chi connectivity index (χ0n) is 8.89. The lowest BCUT2D eigenvalue weighted by Gasteiger charge is -2.13. The predicted molar refractivity (Wildman–Crippen MR) is 56.2 cm³/mol. The molecule has 0 bridgehead atoms. The first-order valence-corrected chi connectivity index (χ1v) is 5.14. The number of carbonyl (C=O) groups is 1. The maximum atomic E-state index is 11.4. The largest absolute Gasteiger partial charge is 0.394 e. The summed E-state index contributed by atoms with van der Waals surface area (Å²) in [5.74, 6) is -0.0496. The Bertz CT molecular complexity index is 281. The Morgan fingerprint density at radius 1 is 1.67 bits per heavy atom. The molecule has 1 aromatic heterocycles. The Kier molecular flexibility index (Phi) is 4.83. The van der Waals surface area contributed by atoms with Crippen LogP contribution in [0, 0.1) is 0 Å². The van der Waals surface area contributed by atoms with Crippen molar-refractivity contribution in [1.82, 2.24) is 15.1 Å². The number of hydrogen-bond acceptors (Lipinski definition) is 3. The summed E-state index contributed by atoms with van der Waals surface area (Å²) in [5.41, 5.74) is 0. The molecule has 1 atom stereocenters. The van der Waals surface area contributed by atoms with E-state index < -0.39 is 0 Å². The van der Waals surface area contributed by atoms with Crippen molar-refractivity contribution >= 4 is 5.91 Å². The smallest absolute Gasteiger partial charge is 0.222 e. The summed E-state index contributed by atoms with van der Waals surface area (Å²) in [6.45, 7) is 2.49. The number of aliphatic hydroxyl groups excluding tert-OH is 1. The standard InChI is InChI=1S/C10H17N3O2/c1-2-9(8-14)12-10(15)4-7-13-6-3-5-11-13/h3,5-6,9,14H,2,4,7-8H2,1H3,(H,12,15)/t9-/m1/s1. The molecule has 0 saturated heterocycles. The van der Waals surface area contributed by atoms with Crippen LogP contribution < -0.4 is 5.32 Å². The second kappa shape index (κ2) is 6.19. The van der Waals surface area contributed by atoms with Gasteiger partial charge in [0.2, 0.25) is 5.91 Å². The summed E-state index contributed by atoms with van der Waals surface area (Å²) in [7, 11) is 0. The number of aliphatic hydroxyl groups is 1. The van der Waals surface area contributed by atoms with Gasteiger partial charge in [0.05, 0.1) is 12.6 Å². The highest BCUT2D eigenvalue weighted by atomic mass is 16.3. The Labute approximate surface area is 89.1 Å². The van der Waals surface area contributed by atoms with E-state index >= 15 is 0 Å².